The van der Waals surface area contributed by atoms with Crippen LogP contribution in [0.1, 0.15) is 0 Å². The third kappa shape index (κ3) is 2.30. The molecule has 0 bridgehead atoms. The van der Waals surface area contributed by atoms with Crippen LogP contribution < -0.4 is 9.75 Å². The molecule has 0 spiro atoms. The van der Waals surface area contributed by atoms with Crippen LogP contribution in [-0.2, 0) is 9.53 Å². The number of carbonyl (C=O) groups is 1. The quantitative estimate of drug-likeness (QED) is 0.794. The molecule has 7 nitrogen and oxygen atoms in total. The number of hydrogen-bond acceptors (Lipinski definition) is 6. The van der Waals surface area contributed by atoms with Crippen molar-refractivity contribution in [1.82, 2.24) is 4.90 Å². The molecule has 1 amide bonds. The first-order valence-corrected chi connectivity index (χ1v) is 6.55. The van der Waals surface area contributed by atoms with E-state index >= 15 is 0 Å². The van der Waals surface area contributed by atoms with Crippen LogP contribution >= 0.6 is 0 Å². The van der Waals surface area contributed by atoms with Crippen molar-refractivity contribution in [2.75, 3.05) is 31.9 Å². The molecule has 2 aliphatic rings. The number of nitrogens with zero attached hydrogens (tertiary/aromatic N) is 4. The van der Waals surface area contributed by atoms with Crippen LogP contribution in [0.2, 0.25) is 0 Å². The van der Waals surface area contributed by atoms with Gasteiger partial charge in [0.05, 0.1) is 26.0 Å². The molecule has 1 aromatic carbocycles. The summed E-state index contributed by atoms with van der Waals surface area (Å²) in [5.41, 5.74) is 0.667. The molecule has 0 radical (unpaired) electrons. The lowest BCUT2D eigenvalue weighted by Crippen LogP contribution is -2.60. The van der Waals surface area contributed by atoms with E-state index in [-0.39, 0.29) is 17.8 Å². The van der Waals surface area contributed by atoms with E-state index in [1.807, 2.05) is 18.2 Å². The second-order valence-electron chi connectivity index (χ2n) is 4.66. The van der Waals surface area contributed by atoms with Gasteiger partial charge in [-0.05, 0) is 24.3 Å². The average Bonchev–Trinajstić information content (AvgIpc) is 2.56. The molecule has 2 aliphatic heterocycles. The molecule has 21 heavy (non-hydrogen) atoms. The number of morpholine rings is 1. The van der Waals surface area contributed by atoms with Crippen molar-refractivity contribution >= 4 is 17.3 Å². The van der Waals surface area contributed by atoms with Crippen LogP contribution in [0.5, 0.6) is 5.75 Å². The summed E-state index contributed by atoms with van der Waals surface area (Å²) in [5, 5.41) is 14.9. The number of amides is 1. The third-order valence-corrected chi connectivity index (χ3v) is 3.50. The average molecular weight is 286 g/mol. The lowest BCUT2D eigenvalue weighted by Gasteiger charge is -2.43. The number of methoxy groups -OCH3 is 1. The van der Waals surface area contributed by atoms with E-state index in [2.05, 4.69) is 5.10 Å². The summed E-state index contributed by atoms with van der Waals surface area (Å²) in [4.78, 5) is 13.8. The fourth-order valence-corrected chi connectivity index (χ4v) is 2.42. The fraction of sp³-hybridized carbons (Fsp3) is 0.357. The molecule has 3 rings (SSSR count). The number of hydrogen-bond donors (Lipinski definition) is 0. The van der Waals surface area contributed by atoms with Crippen molar-refractivity contribution in [2.45, 2.75) is 6.17 Å². The van der Waals surface area contributed by atoms with Crippen molar-refractivity contribution in [1.29, 1.82) is 5.26 Å². The van der Waals surface area contributed by atoms with E-state index < -0.39 is 0 Å². The molecule has 2 heterocycles. The number of rotatable bonds is 2. The number of ether oxygens (including phenoxy) is 2. The first-order chi connectivity index (χ1) is 10.2. The van der Waals surface area contributed by atoms with Gasteiger partial charge in [0.1, 0.15) is 18.0 Å². The molecule has 1 aromatic rings. The van der Waals surface area contributed by atoms with Crippen LogP contribution in [0.3, 0.4) is 0 Å². The standard InChI is InChI=1S/C14H14N4O3/c1-20-11-4-2-10(3-5-11)18-13-9-21-7-6-17(13)14(19)12(8-15)16-18/h2-5,13H,6-7,9H2,1H3/t13-/m0/s1. The summed E-state index contributed by atoms with van der Waals surface area (Å²) in [6.07, 6.45) is -0.322. The minimum Gasteiger partial charge on any atom is -0.497 e. The predicted molar refractivity (Wildman–Crippen MR) is 74.8 cm³/mol. The predicted octanol–water partition coefficient (Wildman–Crippen LogP) is 0.580. The zero-order valence-electron chi connectivity index (χ0n) is 11.5. The highest BCUT2D eigenvalue weighted by Gasteiger charge is 2.39. The second-order valence-corrected chi connectivity index (χ2v) is 4.66. The first-order valence-electron chi connectivity index (χ1n) is 6.55. The van der Waals surface area contributed by atoms with Crippen LogP contribution in [0.15, 0.2) is 29.4 Å². The zero-order chi connectivity index (χ0) is 14.8. The summed E-state index contributed by atoms with van der Waals surface area (Å²) in [7, 11) is 1.59. The SMILES string of the molecule is COc1ccc(N2N=C(C#N)C(=O)N3CCOC[C@@H]32)cc1. The molecule has 7 heteroatoms. The summed E-state index contributed by atoms with van der Waals surface area (Å²) < 4.78 is 10.6. The summed E-state index contributed by atoms with van der Waals surface area (Å²) in [6, 6.07) is 9.14. The van der Waals surface area contributed by atoms with Crippen molar-refractivity contribution in [3.63, 3.8) is 0 Å². The number of carbonyl (C=O) groups excluding carboxylic acids is 1. The Bertz CT molecular complexity index is 620. The van der Waals surface area contributed by atoms with Crippen LogP contribution in [0, 0.1) is 11.3 Å². The molecule has 0 aliphatic carbocycles. The van der Waals surface area contributed by atoms with Crippen molar-refractivity contribution in [2.24, 2.45) is 5.10 Å². The lowest BCUT2D eigenvalue weighted by molar-refractivity contribution is -0.133. The molecule has 0 unspecified atom stereocenters. The van der Waals surface area contributed by atoms with Gasteiger partial charge in [0.2, 0.25) is 5.71 Å². The topological polar surface area (TPSA) is 78.2 Å². The van der Waals surface area contributed by atoms with Crippen molar-refractivity contribution < 1.29 is 14.3 Å². The Morgan fingerprint density at radius 2 is 2.19 bits per heavy atom. The van der Waals surface area contributed by atoms with Gasteiger partial charge in [0.15, 0.2) is 0 Å². The van der Waals surface area contributed by atoms with Crippen molar-refractivity contribution in [3.8, 4) is 11.8 Å². The van der Waals surface area contributed by atoms with E-state index in [9.17, 15) is 4.79 Å². The van der Waals surface area contributed by atoms with Gasteiger partial charge in [-0.15, -0.1) is 0 Å². The van der Waals surface area contributed by atoms with Crippen LogP contribution in [-0.4, -0.2) is 49.6 Å². The molecule has 0 saturated carbocycles. The van der Waals surface area contributed by atoms with E-state index in [0.29, 0.717) is 19.8 Å². The number of benzene rings is 1. The van der Waals surface area contributed by atoms with Crippen molar-refractivity contribution in [3.05, 3.63) is 24.3 Å². The largest absolute Gasteiger partial charge is 0.497 e. The molecule has 108 valence electrons. The minimum atomic E-state index is -0.337. The molecular weight excluding hydrogens is 272 g/mol. The minimum absolute atomic E-state index is 0.107. The van der Waals surface area contributed by atoms with Crippen LogP contribution in [0.25, 0.3) is 0 Å². The van der Waals surface area contributed by atoms with Gasteiger partial charge in [-0.2, -0.15) is 10.4 Å². The molecule has 1 saturated heterocycles. The van der Waals surface area contributed by atoms with Gasteiger partial charge < -0.3 is 14.4 Å². The van der Waals surface area contributed by atoms with E-state index in [4.69, 9.17) is 14.7 Å². The highest BCUT2D eigenvalue weighted by molar-refractivity contribution is 6.45. The molecule has 1 fully saturated rings. The van der Waals surface area contributed by atoms with Gasteiger partial charge in [0, 0.05) is 6.54 Å². The smallest absolute Gasteiger partial charge is 0.287 e. The Balaban J connectivity index is 1.99. The maximum Gasteiger partial charge on any atom is 0.287 e. The third-order valence-electron chi connectivity index (χ3n) is 3.50. The Morgan fingerprint density at radius 3 is 2.86 bits per heavy atom. The maximum absolute atomic E-state index is 12.1. The Hall–Kier alpha value is -2.59. The summed E-state index contributed by atoms with van der Waals surface area (Å²) >= 11 is 0. The van der Waals surface area contributed by atoms with Gasteiger partial charge in [-0.25, -0.2) is 5.01 Å². The number of fused-ring (bicyclic) bond motifs is 1. The number of anilines is 1. The van der Waals surface area contributed by atoms with E-state index in [1.165, 1.54) is 0 Å². The van der Waals surface area contributed by atoms with Gasteiger partial charge >= 0.3 is 0 Å². The second kappa shape index (κ2) is 5.42. The zero-order valence-corrected chi connectivity index (χ0v) is 11.5. The van der Waals surface area contributed by atoms with Gasteiger partial charge in [-0.1, -0.05) is 0 Å². The van der Waals surface area contributed by atoms with Gasteiger partial charge in [0.25, 0.3) is 5.91 Å². The highest BCUT2D eigenvalue weighted by atomic mass is 16.5. The molecule has 0 N–H and O–H groups in total. The van der Waals surface area contributed by atoms with E-state index in [0.717, 1.165) is 11.4 Å². The summed E-state index contributed by atoms with van der Waals surface area (Å²) in [5.74, 6) is 0.392. The fourth-order valence-electron chi connectivity index (χ4n) is 2.42. The highest BCUT2D eigenvalue weighted by Crippen LogP contribution is 2.27. The first kappa shape index (κ1) is 13.4. The Morgan fingerprint density at radius 1 is 1.43 bits per heavy atom. The molecular formula is C14H14N4O3. The van der Waals surface area contributed by atoms with E-state index in [1.54, 1.807) is 29.2 Å². The monoisotopic (exact) mass is 286 g/mol. The lowest BCUT2D eigenvalue weighted by atomic mass is 10.2. The normalized spacial score (nSPS) is 21.4. The number of hydrazone groups is 1. The molecule has 0 aromatic heterocycles. The Kier molecular flexibility index (Phi) is 3.46. The molecule has 1 atom stereocenters. The Labute approximate surface area is 122 Å². The van der Waals surface area contributed by atoms with Gasteiger partial charge in [-0.3, -0.25) is 4.79 Å². The van der Waals surface area contributed by atoms with Crippen LogP contribution in [0.4, 0.5) is 5.69 Å². The maximum atomic E-state index is 12.1. The summed E-state index contributed by atoms with van der Waals surface area (Å²) in [6.45, 7) is 1.29. The number of nitriles is 1.